The van der Waals surface area contributed by atoms with E-state index in [-0.39, 0.29) is 0 Å². The Balaban J connectivity index is 2.04. The number of rotatable bonds is 4. The molecule has 1 saturated carbocycles. The molecule has 0 aromatic heterocycles. The van der Waals surface area contributed by atoms with Crippen LogP contribution in [-0.4, -0.2) is 39.6 Å². The fourth-order valence-corrected chi connectivity index (χ4v) is 3.77. The molecule has 1 aliphatic heterocycles. The van der Waals surface area contributed by atoms with E-state index in [1.54, 1.807) is 0 Å². The molecule has 0 aromatic carbocycles. The van der Waals surface area contributed by atoms with Gasteiger partial charge in [0.2, 0.25) is 0 Å². The lowest BCUT2D eigenvalue weighted by Crippen LogP contribution is -2.37. The summed E-state index contributed by atoms with van der Waals surface area (Å²) in [5.74, 6) is -0.477. The quantitative estimate of drug-likeness (QED) is 0.541. The summed E-state index contributed by atoms with van der Waals surface area (Å²) in [7, 11) is -3.81. The average Bonchev–Trinajstić information content (AvgIpc) is 2.81. The Morgan fingerprint density at radius 3 is 2.41 bits per heavy atom. The molecule has 0 amide bonds. The number of ether oxygens (including phenoxy) is 2. The first-order chi connectivity index (χ1) is 8.13. The second-order valence-electron chi connectivity index (χ2n) is 4.24. The van der Waals surface area contributed by atoms with Gasteiger partial charge in [0.05, 0.1) is 18.5 Å². The molecule has 2 rings (SSSR count). The predicted octanol–water partition coefficient (Wildman–Crippen LogP) is 0.421. The molecule has 7 heteroatoms. The summed E-state index contributed by atoms with van der Waals surface area (Å²) >= 11 is 0. The summed E-state index contributed by atoms with van der Waals surface area (Å²) < 4.78 is 38.7. The van der Waals surface area contributed by atoms with Gasteiger partial charge in [-0.3, -0.25) is 0 Å². The molecule has 1 heterocycles. The summed E-state index contributed by atoms with van der Waals surface area (Å²) in [6.07, 6.45) is 3.44. The number of carbonyl (C=O) groups is 1. The Hall–Kier alpha value is -0.500. The molecule has 0 aromatic rings. The van der Waals surface area contributed by atoms with Gasteiger partial charge in [0.15, 0.2) is 0 Å². The predicted molar refractivity (Wildman–Crippen MR) is 57.5 cm³/mol. The highest BCUT2D eigenvalue weighted by Gasteiger charge is 2.38. The Morgan fingerprint density at radius 2 is 1.76 bits per heavy atom. The van der Waals surface area contributed by atoms with Crippen LogP contribution < -0.4 is 0 Å². The third-order valence-electron chi connectivity index (χ3n) is 3.10. The molecule has 2 unspecified atom stereocenters. The van der Waals surface area contributed by atoms with E-state index in [0.29, 0.717) is 32.3 Å². The Morgan fingerprint density at radius 1 is 1.12 bits per heavy atom. The van der Waals surface area contributed by atoms with E-state index in [1.807, 2.05) is 0 Å². The van der Waals surface area contributed by atoms with E-state index in [4.69, 9.17) is 13.7 Å². The molecule has 0 radical (unpaired) electrons. The minimum absolute atomic E-state index is 0.321. The topological polar surface area (TPSA) is 78.9 Å². The zero-order chi connectivity index (χ0) is 12.3. The van der Waals surface area contributed by atoms with Gasteiger partial charge in [0.25, 0.3) is 16.6 Å². The van der Waals surface area contributed by atoms with Crippen LogP contribution in [0.4, 0.5) is 0 Å². The fraction of sp³-hybridized carbons (Fsp3) is 0.900. The van der Waals surface area contributed by atoms with Gasteiger partial charge in [-0.1, -0.05) is 12.8 Å². The highest BCUT2D eigenvalue weighted by molar-refractivity contribution is 7.87. The van der Waals surface area contributed by atoms with Crippen molar-refractivity contribution in [3.05, 3.63) is 0 Å². The summed E-state index contributed by atoms with van der Waals surface area (Å²) in [5.41, 5.74) is 0. The Labute approximate surface area is 100 Å². The molecule has 2 atom stereocenters. The Kier molecular flexibility index (Phi) is 4.13. The zero-order valence-corrected chi connectivity index (χ0v) is 10.2. The van der Waals surface area contributed by atoms with E-state index in [2.05, 4.69) is 0 Å². The SMILES string of the molecule is O=CC1CCCCC1S(=O)(=O)OC1OCCO1. The maximum Gasteiger partial charge on any atom is 0.287 e. The van der Waals surface area contributed by atoms with Crippen molar-refractivity contribution < 1.29 is 26.9 Å². The maximum atomic E-state index is 12.0. The fourth-order valence-electron chi connectivity index (χ4n) is 2.21. The minimum atomic E-state index is -3.81. The van der Waals surface area contributed by atoms with Crippen LogP contribution >= 0.6 is 0 Å². The summed E-state index contributed by atoms with van der Waals surface area (Å²) in [6.45, 7) is -0.501. The van der Waals surface area contributed by atoms with Crippen LogP contribution in [0.25, 0.3) is 0 Å². The van der Waals surface area contributed by atoms with E-state index in [0.717, 1.165) is 12.8 Å². The summed E-state index contributed by atoms with van der Waals surface area (Å²) in [4.78, 5) is 10.9. The highest BCUT2D eigenvalue weighted by atomic mass is 32.2. The van der Waals surface area contributed by atoms with Gasteiger partial charge in [0.1, 0.15) is 6.29 Å². The van der Waals surface area contributed by atoms with Crippen molar-refractivity contribution in [3.63, 3.8) is 0 Å². The van der Waals surface area contributed by atoms with Crippen molar-refractivity contribution in [2.75, 3.05) is 13.2 Å². The lowest BCUT2D eigenvalue weighted by Gasteiger charge is -2.27. The first kappa shape index (κ1) is 12.9. The molecule has 0 N–H and O–H groups in total. The number of hydrogen-bond acceptors (Lipinski definition) is 6. The molecule has 1 aliphatic carbocycles. The van der Waals surface area contributed by atoms with Crippen LogP contribution in [0.2, 0.25) is 0 Å². The van der Waals surface area contributed by atoms with Crippen LogP contribution in [0, 0.1) is 5.92 Å². The molecule has 98 valence electrons. The molecular formula is C10H16O6S. The maximum absolute atomic E-state index is 12.0. The van der Waals surface area contributed by atoms with Crippen molar-refractivity contribution in [1.82, 2.24) is 0 Å². The monoisotopic (exact) mass is 264 g/mol. The van der Waals surface area contributed by atoms with E-state index < -0.39 is 27.8 Å². The minimum Gasteiger partial charge on any atom is -0.327 e. The van der Waals surface area contributed by atoms with Gasteiger partial charge in [-0.2, -0.15) is 8.42 Å². The van der Waals surface area contributed by atoms with Crippen LogP contribution in [0.1, 0.15) is 25.7 Å². The van der Waals surface area contributed by atoms with Gasteiger partial charge in [-0.25, -0.2) is 4.18 Å². The number of carbonyl (C=O) groups excluding carboxylic acids is 1. The van der Waals surface area contributed by atoms with Gasteiger partial charge in [0, 0.05) is 5.92 Å². The standard InChI is InChI=1S/C10H16O6S/c11-7-8-3-1-2-4-9(8)17(12,13)16-10-14-5-6-15-10/h7-10H,1-6H2. The van der Waals surface area contributed by atoms with Crippen LogP contribution in [0.15, 0.2) is 0 Å². The van der Waals surface area contributed by atoms with Crippen molar-refractivity contribution in [1.29, 1.82) is 0 Å². The summed E-state index contributed by atoms with van der Waals surface area (Å²) in [5, 5.41) is -0.762. The molecule has 0 spiro atoms. The number of hydrogen-bond donors (Lipinski definition) is 0. The van der Waals surface area contributed by atoms with Gasteiger partial charge in [-0.15, -0.1) is 0 Å². The smallest absolute Gasteiger partial charge is 0.287 e. The van der Waals surface area contributed by atoms with Crippen LogP contribution in [0.5, 0.6) is 0 Å². The average molecular weight is 264 g/mol. The third-order valence-corrected chi connectivity index (χ3v) is 4.86. The van der Waals surface area contributed by atoms with E-state index in [9.17, 15) is 13.2 Å². The first-order valence-corrected chi connectivity index (χ1v) is 7.21. The molecule has 2 fully saturated rings. The number of aldehydes is 1. The highest BCUT2D eigenvalue weighted by Crippen LogP contribution is 2.30. The van der Waals surface area contributed by atoms with Gasteiger partial charge < -0.3 is 14.3 Å². The summed E-state index contributed by atoms with van der Waals surface area (Å²) in [6, 6.07) is 0. The lowest BCUT2D eigenvalue weighted by atomic mass is 9.90. The molecule has 6 nitrogen and oxygen atoms in total. The van der Waals surface area contributed by atoms with Crippen molar-refractivity contribution >= 4 is 16.4 Å². The van der Waals surface area contributed by atoms with Gasteiger partial charge >= 0.3 is 0 Å². The zero-order valence-electron chi connectivity index (χ0n) is 9.41. The lowest BCUT2D eigenvalue weighted by molar-refractivity contribution is -0.174. The molecule has 17 heavy (non-hydrogen) atoms. The third kappa shape index (κ3) is 3.04. The first-order valence-electron chi connectivity index (χ1n) is 5.74. The van der Waals surface area contributed by atoms with E-state index >= 15 is 0 Å². The Bertz CT molecular complexity index is 359. The van der Waals surface area contributed by atoms with Crippen LogP contribution in [-0.2, 0) is 28.6 Å². The van der Waals surface area contributed by atoms with Gasteiger partial charge in [-0.05, 0) is 12.8 Å². The largest absolute Gasteiger partial charge is 0.327 e. The molecule has 2 aliphatic rings. The van der Waals surface area contributed by atoms with Crippen molar-refractivity contribution in [2.45, 2.75) is 37.4 Å². The molecule has 0 bridgehead atoms. The normalized spacial score (nSPS) is 31.5. The molecular weight excluding hydrogens is 248 g/mol. The van der Waals surface area contributed by atoms with Crippen molar-refractivity contribution in [3.8, 4) is 0 Å². The van der Waals surface area contributed by atoms with Crippen LogP contribution in [0.3, 0.4) is 0 Å². The van der Waals surface area contributed by atoms with Crippen molar-refractivity contribution in [2.24, 2.45) is 5.92 Å². The second-order valence-corrected chi connectivity index (χ2v) is 6.03. The second kappa shape index (κ2) is 5.43. The molecule has 1 saturated heterocycles. The van der Waals surface area contributed by atoms with E-state index in [1.165, 1.54) is 0 Å².